The fraction of sp³-hybridized carbons (Fsp3) is 0.100. The van der Waals surface area contributed by atoms with Crippen LogP contribution in [0.2, 0.25) is 0 Å². The molecule has 0 aliphatic carbocycles. The summed E-state index contributed by atoms with van der Waals surface area (Å²) in [7, 11) is 1.96. The summed E-state index contributed by atoms with van der Waals surface area (Å²) in [5.41, 5.74) is 2.29. The van der Waals surface area contributed by atoms with Crippen molar-refractivity contribution < 1.29 is 0 Å². The maximum Gasteiger partial charge on any atom is 0.177 e. The highest BCUT2D eigenvalue weighted by Crippen LogP contribution is 2.17. The number of aromatic nitrogens is 2. The van der Waals surface area contributed by atoms with Gasteiger partial charge in [0.2, 0.25) is 0 Å². The Hall–Kier alpha value is -1.35. The van der Waals surface area contributed by atoms with Gasteiger partial charge in [-0.05, 0) is 17.8 Å². The number of hydrogen-bond acceptors (Lipinski definition) is 1. The summed E-state index contributed by atoms with van der Waals surface area (Å²) < 4.78 is 2.71. The van der Waals surface area contributed by atoms with E-state index in [-0.39, 0.29) is 0 Å². The number of rotatable bonds is 1. The average molecular weight is 190 g/mol. The van der Waals surface area contributed by atoms with Gasteiger partial charge >= 0.3 is 0 Å². The second kappa shape index (κ2) is 3.18. The fourth-order valence-electron chi connectivity index (χ4n) is 1.32. The lowest BCUT2D eigenvalue weighted by atomic mass is 10.2. The van der Waals surface area contributed by atoms with Gasteiger partial charge in [-0.1, -0.05) is 30.3 Å². The monoisotopic (exact) mass is 190 g/mol. The van der Waals surface area contributed by atoms with Gasteiger partial charge in [0.25, 0.3) is 0 Å². The second-order valence-corrected chi connectivity index (χ2v) is 3.29. The van der Waals surface area contributed by atoms with Crippen LogP contribution in [-0.2, 0) is 7.05 Å². The lowest BCUT2D eigenvalue weighted by Crippen LogP contribution is -1.90. The van der Waals surface area contributed by atoms with E-state index in [4.69, 9.17) is 12.2 Å². The molecule has 1 heterocycles. The molecule has 0 radical (unpaired) electrons. The normalized spacial score (nSPS) is 10.2. The molecule has 0 spiro atoms. The van der Waals surface area contributed by atoms with Crippen molar-refractivity contribution in [1.29, 1.82) is 0 Å². The van der Waals surface area contributed by atoms with Crippen LogP contribution in [0.25, 0.3) is 11.3 Å². The molecule has 3 heteroatoms. The molecule has 0 fully saturated rings. The summed E-state index contributed by atoms with van der Waals surface area (Å²) >= 11 is 5.08. The molecule has 0 amide bonds. The third-order valence-corrected chi connectivity index (χ3v) is 2.46. The maximum atomic E-state index is 5.08. The standard InChI is InChI=1S/C10H10N2S/c1-12-9(7-11-10(12)13)8-5-3-2-4-6-8/h2-7H,1H3,(H,11,13). The van der Waals surface area contributed by atoms with E-state index in [9.17, 15) is 0 Å². The molecular weight excluding hydrogens is 180 g/mol. The molecule has 2 nitrogen and oxygen atoms in total. The molecule has 0 aliphatic heterocycles. The second-order valence-electron chi connectivity index (χ2n) is 2.90. The van der Waals surface area contributed by atoms with Gasteiger partial charge in [0.05, 0.1) is 5.69 Å². The minimum atomic E-state index is 0.749. The first kappa shape index (κ1) is 8.26. The van der Waals surface area contributed by atoms with Crippen LogP contribution in [0.3, 0.4) is 0 Å². The molecule has 0 atom stereocenters. The van der Waals surface area contributed by atoms with Crippen molar-refractivity contribution in [1.82, 2.24) is 9.55 Å². The minimum absolute atomic E-state index is 0.749. The van der Waals surface area contributed by atoms with Gasteiger partial charge in [-0.25, -0.2) is 0 Å². The van der Waals surface area contributed by atoms with Crippen LogP contribution in [0, 0.1) is 4.77 Å². The number of hydrogen-bond donors (Lipinski definition) is 1. The molecule has 1 aromatic heterocycles. The Morgan fingerprint density at radius 3 is 2.46 bits per heavy atom. The molecule has 0 unspecified atom stereocenters. The largest absolute Gasteiger partial charge is 0.337 e. The van der Waals surface area contributed by atoms with Crippen LogP contribution in [0.4, 0.5) is 0 Å². The quantitative estimate of drug-likeness (QED) is 0.686. The maximum absolute atomic E-state index is 5.08. The number of nitrogens with one attached hydrogen (secondary N) is 1. The highest BCUT2D eigenvalue weighted by molar-refractivity contribution is 7.71. The van der Waals surface area contributed by atoms with Crippen molar-refractivity contribution in [2.24, 2.45) is 7.05 Å². The minimum Gasteiger partial charge on any atom is -0.337 e. The molecule has 66 valence electrons. The van der Waals surface area contributed by atoms with Crippen molar-refractivity contribution in [2.45, 2.75) is 0 Å². The van der Waals surface area contributed by atoms with Crippen LogP contribution in [0.1, 0.15) is 0 Å². The number of nitrogens with zero attached hydrogens (tertiary/aromatic N) is 1. The zero-order chi connectivity index (χ0) is 9.26. The number of benzene rings is 1. The summed E-state index contributed by atoms with van der Waals surface area (Å²) in [5, 5.41) is 0. The summed E-state index contributed by atoms with van der Waals surface area (Å²) in [5.74, 6) is 0. The molecule has 0 saturated heterocycles. The van der Waals surface area contributed by atoms with Crippen molar-refractivity contribution >= 4 is 12.2 Å². The van der Waals surface area contributed by atoms with E-state index in [0.717, 1.165) is 10.5 Å². The highest BCUT2D eigenvalue weighted by Gasteiger charge is 2.00. The zero-order valence-electron chi connectivity index (χ0n) is 7.32. The van der Waals surface area contributed by atoms with Gasteiger partial charge < -0.3 is 9.55 Å². The molecule has 0 aliphatic rings. The van der Waals surface area contributed by atoms with Crippen molar-refractivity contribution in [3.05, 3.63) is 41.3 Å². The van der Waals surface area contributed by atoms with Crippen LogP contribution < -0.4 is 0 Å². The highest BCUT2D eigenvalue weighted by atomic mass is 32.1. The Morgan fingerprint density at radius 1 is 1.23 bits per heavy atom. The Kier molecular flexibility index (Phi) is 2.02. The predicted octanol–water partition coefficient (Wildman–Crippen LogP) is 2.75. The van der Waals surface area contributed by atoms with E-state index in [0.29, 0.717) is 0 Å². The first-order valence-electron chi connectivity index (χ1n) is 4.09. The van der Waals surface area contributed by atoms with Crippen molar-refractivity contribution in [3.63, 3.8) is 0 Å². The smallest absolute Gasteiger partial charge is 0.177 e. The molecule has 0 bridgehead atoms. The van der Waals surface area contributed by atoms with Crippen LogP contribution in [0.5, 0.6) is 0 Å². The zero-order valence-corrected chi connectivity index (χ0v) is 8.14. The third-order valence-electron chi connectivity index (χ3n) is 2.07. The molecule has 1 aromatic carbocycles. The van der Waals surface area contributed by atoms with Gasteiger partial charge in [-0.3, -0.25) is 0 Å². The molecule has 2 rings (SSSR count). The molecule has 0 saturated carbocycles. The van der Waals surface area contributed by atoms with E-state index < -0.39 is 0 Å². The lowest BCUT2D eigenvalue weighted by Gasteiger charge is -2.00. The van der Waals surface area contributed by atoms with E-state index in [1.807, 2.05) is 36.0 Å². The Bertz CT molecular complexity index is 453. The fourth-order valence-corrected chi connectivity index (χ4v) is 1.48. The SMILES string of the molecule is Cn1c(-c2ccccc2)c[nH]c1=S. The molecule has 13 heavy (non-hydrogen) atoms. The predicted molar refractivity (Wildman–Crippen MR) is 56.0 cm³/mol. The van der Waals surface area contributed by atoms with Crippen molar-refractivity contribution in [2.75, 3.05) is 0 Å². The van der Waals surface area contributed by atoms with Crippen LogP contribution in [0.15, 0.2) is 36.5 Å². The van der Waals surface area contributed by atoms with E-state index in [1.54, 1.807) is 0 Å². The Balaban J connectivity index is 2.60. The van der Waals surface area contributed by atoms with Gasteiger partial charge in [0, 0.05) is 13.2 Å². The summed E-state index contributed by atoms with van der Waals surface area (Å²) in [6.45, 7) is 0. The number of H-pyrrole nitrogens is 1. The van der Waals surface area contributed by atoms with Gasteiger partial charge in [0.1, 0.15) is 0 Å². The molecule has 1 N–H and O–H groups in total. The summed E-state index contributed by atoms with van der Waals surface area (Å²) in [6, 6.07) is 10.2. The number of imidazole rings is 1. The average Bonchev–Trinajstić information content (AvgIpc) is 2.49. The third kappa shape index (κ3) is 1.42. The van der Waals surface area contributed by atoms with E-state index in [2.05, 4.69) is 17.1 Å². The van der Waals surface area contributed by atoms with Gasteiger partial charge in [0.15, 0.2) is 4.77 Å². The topological polar surface area (TPSA) is 20.7 Å². The lowest BCUT2D eigenvalue weighted by molar-refractivity contribution is 0.902. The molecular formula is C10H10N2S. The first-order chi connectivity index (χ1) is 6.29. The Morgan fingerprint density at radius 2 is 1.92 bits per heavy atom. The van der Waals surface area contributed by atoms with Crippen LogP contribution >= 0.6 is 12.2 Å². The molecule has 2 aromatic rings. The van der Waals surface area contributed by atoms with Crippen molar-refractivity contribution in [3.8, 4) is 11.3 Å². The van der Waals surface area contributed by atoms with Gasteiger partial charge in [-0.15, -0.1) is 0 Å². The Labute approximate surface area is 81.9 Å². The number of aromatic amines is 1. The van der Waals surface area contributed by atoms with Crippen LogP contribution in [-0.4, -0.2) is 9.55 Å². The van der Waals surface area contributed by atoms with E-state index >= 15 is 0 Å². The van der Waals surface area contributed by atoms with Gasteiger partial charge in [-0.2, -0.15) is 0 Å². The summed E-state index contributed by atoms with van der Waals surface area (Å²) in [4.78, 5) is 3.01. The summed E-state index contributed by atoms with van der Waals surface area (Å²) in [6.07, 6.45) is 1.93. The first-order valence-corrected chi connectivity index (χ1v) is 4.49. The van der Waals surface area contributed by atoms with E-state index in [1.165, 1.54) is 5.56 Å².